The Bertz CT molecular complexity index is 277. The molecule has 0 aromatic carbocycles. The molecule has 0 spiro atoms. The van der Waals surface area contributed by atoms with Crippen molar-refractivity contribution in [2.75, 3.05) is 6.54 Å². The number of carbonyl (C=O) groups excluding carboxylic acids is 2. The van der Waals surface area contributed by atoms with Crippen LogP contribution in [-0.4, -0.2) is 35.6 Å². The lowest BCUT2D eigenvalue weighted by Gasteiger charge is -2.05. The number of nitrogens with two attached hydrogens (primary N) is 1. The summed E-state index contributed by atoms with van der Waals surface area (Å²) in [6.45, 7) is -0.293. The van der Waals surface area contributed by atoms with Crippen LogP contribution < -0.4 is 11.1 Å². The Hall–Kier alpha value is -1.76. The number of carboxylic acid groups (broad SMARTS) is 1. The highest BCUT2D eigenvalue weighted by Crippen LogP contribution is 1.80. The van der Waals surface area contributed by atoms with Crippen molar-refractivity contribution >= 4 is 17.9 Å². The minimum atomic E-state index is -1.76. The van der Waals surface area contributed by atoms with Gasteiger partial charge in [-0.05, 0) is 0 Å². The first-order valence-electron chi connectivity index (χ1n) is 3.57. The molecule has 0 aliphatic carbocycles. The van der Waals surface area contributed by atoms with Gasteiger partial charge >= 0.3 is 12.0 Å². The second kappa shape index (κ2) is 5.81. The third kappa shape index (κ3) is 5.84. The van der Waals surface area contributed by atoms with Crippen LogP contribution in [0.15, 0.2) is 12.2 Å². The normalized spacial score (nSPS) is 12.4. The topological polar surface area (TPSA) is 109 Å². The van der Waals surface area contributed by atoms with Gasteiger partial charge < -0.3 is 16.2 Å². The van der Waals surface area contributed by atoms with E-state index in [1.807, 2.05) is 0 Å². The molecule has 14 heavy (non-hydrogen) atoms. The van der Waals surface area contributed by atoms with Crippen LogP contribution in [0.3, 0.4) is 0 Å². The van der Waals surface area contributed by atoms with Gasteiger partial charge in [0.05, 0.1) is 0 Å². The number of allylic oxidation sites excluding steroid dienone is 1. The standard InChI is InChI=1S/C7H9FN2O4/c8-5(11)1-2-6(12)10-3-4(9)7(13)14/h1-2,4H,3,9H2,(H,10,12)(H,13,14)/b2-1+/t4-/m1/s1. The fraction of sp³-hybridized carbons (Fsp3) is 0.286. The molecule has 0 radical (unpaired) electrons. The van der Waals surface area contributed by atoms with E-state index < -0.39 is 24.0 Å². The maximum Gasteiger partial charge on any atom is 0.325 e. The number of aliphatic carboxylic acids is 1. The molecule has 0 aromatic heterocycles. The fourth-order valence-corrected chi connectivity index (χ4v) is 0.498. The Labute approximate surface area is 78.6 Å². The van der Waals surface area contributed by atoms with E-state index in [-0.39, 0.29) is 6.54 Å². The Morgan fingerprint density at radius 3 is 2.43 bits per heavy atom. The summed E-state index contributed by atoms with van der Waals surface area (Å²) in [7, 11) is 0. The maximum atomic E-state index is 11.6. The highest BCUT2D eigenvalue weighted by atomic mass is 19.1. The molecule has 0 bridgehead atoms. The van der Waals surface area contributed by atoms with Crippen molar-refractivity contribution in [2.45, 2.75) is 6.04 Å². The summed E-state index contributed by atoms with van der Waals surface area (Å²) in [5.41, 5.74) is 5.04. The molecule has 1 amide bonds. The van der Waals surface area contributed by atoms with Crippen LogP contribution >= 0.6 is 0 Å². The monoisotopic (exact) mass is 204 g/mol. The van der Waals surface area contributed by atoms with Crippen molar-refractivity contribution in [3.63, 3.8) is 0 Å². The van der Waals surface area contributed by atoms with Crippen molar-refractivity contribution in [3.05, 3.63) is 12.2 Å². The van der Waals surface area contributed by atoms with E-state index >= 15 is 0 Å². The maximum absolute atomic E-state index is 11.6. The number of rotatable bonds is 5. The van der Waals surface area contributed by atoms with E-state index in [9.17, 15) is 18.8 Å². The Morgan fingerprint density at radius 2 is 2.00 bits per heavy atom. The van der Waals surface area contributed by atoms with Gasteiger partial charge in [0.25, 0.3) is 0 Å². The molecular formula is C7H9FN2O4. The first kappa shape index (κ1) is 12.2. The number of halogens is 1. The number of carboxylic acids is 1. The van der Waals surface area contributed by atoms with Crippen molar-refractivity contribution < 1.29 is 23.9 Å². The number of hydrogen-bond acceptors (Lipinski definition) is 4. The lowest BCUT2D eigenvalue weighted by atomic mass is 10.3. The molecule has 0 aromatic rings. The summed E-state index contributed by atoms with van der Waals surface area (Å²) in [5.74, 6) is -2.05. The average Bonchev–Trinajstić information content (AvgIpc) is 2.10. The first-order valence-corrected chi connectivity index (χ1v) is 3.57. The Balaban J connectivity index is 3.86. The molecule has 7 heteroatoms. The molecule has 0 unspecified atom stereocenters. The summed E-state index contributed by atoms with van der Waals surface area (Å²) in [6, 6.07) is -2.99. The van der Waals surface area contributed by atoms with Gasteiger partial charge in [0.1, 0.15) is 6.04 Å². The largest absolute Gasteiger partial charge is 0.480 e. The average molecular weight is 204 g/mol. The highest BCUT2D eigenvalue weighted by Gasteiger charge is 2.11. The Morgan fingerprint density at radius 1 is 1.43 bits per heavy atom. The van der Waals surface area contributed by atoms with Crippen LogP contribution in [0.1, 0.15) is 0 Å². The molecule has 1 atom stereocenters. The SMILES string of the molecule is N[C@H](CNC(=O)/C=C/C(=O)F)C(=O)O. The minimum Gasteiger partial charge on any atom is -0.480 e. The van der Waals surface area contributed by atoms with Crippen LogP contribution in [0.25, 0.3) is 0 Å². The van der Waals surface area contributed by atoms with Crippen molar-refractivity contribution in [1.82, 2.24) is 5.32 Å². The third-order valence-electron chi connectivity index (χ3n) is 1.18. The lowest BCUT2D eigenvalue weighted by molar-refractivity contribution is -0.138. The van der Waals surface area contributed by atoms with Crippen molar-refractivity contribution in [2.24, 2.45) is 5.73 Å². The van der Waals surface area contributed by atoms with E-state index in [0.717, 1.165) is 0 Å². The van der Waals surface area contributed by atoms with E-state index in [1.165, 1.54) is 0 Å². The quantitative estimate of drug-likeness (QED) is 0.375. The second-order valence-corrected chi connectivity index (χ2v) is 2.33. The summed E-state index contributed by atoms with van der Waals surface area (Å²) in [6.07, 6.45) is 1.07. The molecule has 0 rings (SSSR count). The molecule has 0 saturated heterocycles. The van der Waals surface area contributed by atoms with Gasteiger partial charge in [0.15, 0.2) is 0 Å². The molecule has 0 saturated carbocycles. The summed E-state index contributed by atoms with van der Waals surface area (Å²) in [5, 5.41) is 10.4. The molecule has 0 heterocycles. The molecule has 4 N–H and O–H groups in total. The summed E-state index contributed by atoms with van der Waals surface area (Å²) < 4.78 is 11.6. The molecule has 78 valence electrons. The van der Waals surface area contributed by atoms with Crippen LogP contribution in [0, 0.1) is 0 Å². The van der Waals surface area contributed by atoms with E-state index in [0.29, 0.717) is 12.2 Å². The zero-order valence-corrected chi connectivity index (χ0v) is 7.07. The van der Waals surface area contributed by atoms with E-state index in [1.54, 1.807) is 0 Å². The van der Waals surface area contributed by atoms with Crippen molar-refractivity contribution in [3.8, 4) is 0 Å². The van der Waals surface area contributed by atoms with E-state index in [2.05, 4.69) is 5.32 Å². The van der Waals surface area contributed by atoms with Gasteiger partial charge in [-0.3, -0.25) is 14.4 Å². The Kier molecular flexibility index (Phi) is 5.08. The first-order chi connectivity index (χ1) is 6.43. The number of nitrogens with one attached hydrogen (secondary N) is 1. The zero-order chi connectivity index (χ0) is 11.1. The van der Waals surface area contributed by atoms with Crippen LogP contribution in [0.2, 0.25) is 0 Å². The molecule has 0 aliphatic heterocycles. The second-order valence-electron chi connectivity index (χ2n) is 2.33. The van der Waals surface area contributed by atoms with Gasteiger partial charge in [-0.1, -0.05) is 0 Å². The molecule has 0 fully saturated rings. The predicted octanol–water partition coefficient (Wildman–Crippen LogP) is -1.43. The smallest absolute Gasteiger partial charge is 0.325 e. The lowest BCUT2D eigenvalue weighted by Crippen LogP contribution is -2.41. The van der Waals surface area contributed by atoms with Crippen molar-refractivity contribution in [1.29, 1.82) is 0 Å². The fourth-order valence-electron chi connectivity index (χ4n) is 0.498. The highest BCUT2D eigenvalue weighted by molar-refractivity contribution is 5.94. The van der Waals surface area contributed by atoms with Crippen LogP contribution in [-0.2, 0) is 14.4 Å². The van der Waals surface area contributed by atoms with Crippen LogP contribution in [0.4, 0.5) is 4.39 Å². The molecule has 0 aliphatic rings. The summed E-state index contributed by atoms with van der Waals surface area (Å²) >= 11 is 0. The third-order valence-corrected chi connectivity index (χ3v) is 1.18. The number of hydrogen-bond donors (Lipinski definition) is 3. The molecule has 6 nitrogen and oxygen atoms in total. The van der Waals surface area contributed by atoms with E-state index in [4.69, 9.17) is 10.8 Å². The van der Waals surface area contributed by atoms with Gasteiger partial charge in [0, 0.05) is 18.7 Å². The zero-order valence-electron chi connectivity index (χ0n) is 7.07. The minimum absolute atomic E-state index is 0.293. The number of amides is 1. The molecular weight excluding hydrogens is 195 g/mol. The van der Waals surface area contributed by atoms with Crippen LogP contribution in [0.5, 0.6) is 0 Å². The van der Waals surface area contributed by atoms with Gasteiger partial charge in [-0.25, -0.2) is 0 Å². The summed E-state index contributed by atoms with van der Waals surface area (Å²) in [4.78, 5) is 30.6. The van der Waals surface area contributed by atoms with Gasteiger partial charge in [0.2, 0.25) is 5.91 Å². The van der Waals surface area contributed by atoms with Gasteiger partial charge in [-0.2, -0.15) is 4.39 Å². The van der Waals surface area contributed by atoms with Gasteiger partial charge in [-0.15, -0.1) is 0 Å². The predicted molar refractivity (Wildman–Crippen MR) is 43.9 cm³/mol. The number of carbonyl (C=O) groups is 3.